The summed E-state index contributed by atoms with van der Waals surface area (Å²) in [4.78, 5) is 16.6. The molecular weight excluding hydrogens is 447 g/mol. The lowest BCUT2D eigenvalue weighted by Crippen LogP contribution is -2.47. The van der Waals surface area contributed by atoms with Crippen LogP contribution in [0.4, 0.5) is 27.0 Å². The Bertz CT molecular complexity index is 940. The van der Waals surface area contributed by atoms with Gasteiger partial charge in [-0.3, -0.25) is 9.78 Å². The summed E-state index contributed by atoms with van der Waals surface area (Å²) in [6.07, 6.45) is -5.23. The van der Waals surface area contributed by atoms with Crippen molar-refractivity contribution in [3.05, 3.63) is 41.0 Å². The van der Waals surface area contributed by atoms with Crippen LogP contribution >= 0.6 is 11.3 Å². The molecule has 1 aliphatic heterocycles. The second-order valence-corrected chi connectivity index (χ2v) is 8.05. The first-order valence-corrected chi connectivity index (χ1v) is 10.0. The number of aliphatic hydroxyl groups excluding tert-OH is 1. The Labute approximate surface area is 178 Å². The molecule has 4 atom stereocenters. The zero-order valence-electron chi connectivity index (χ0n) is 16.4. The second kappa shape index (κ2) is 8.67. The largest absolute Gasteiger partial charge is 0.488 e. The minimum Gasteiger partial charge on any atom is -0.488 e. The molecule has 0 saturated carbocycles. The van der Waals surface area contributed by atoms with Crippen molar-refractivity contribution in [2.75, 3.05) is 18.5 Å². The molecule has 1 aliphatic rings. The van der Waals surface area contributed by atoms with E-state index in [1.165, 1.54) is 18.6 Å². The number of halogens is 5. The maximum absolute atomic E-state index is 14.5. The third kappa shape index (κ3) is 4.23. The first kappa shape index (κ1) is 23.4. The molecule has 3 rings (SSSR count). The first-order valence-electron chi connectivity index (χ1n) is 9.16. The monoisotopic (exact) mass is 466 g/mol. The number of aliphatic hydroxyl groups is 1. The predicted molar refractivity (Wildman–Crippen MR) is 101 cm³/mol. The summed E-state index contributed by atoms with van der Waals surface area (Å²) >= 11 is 1.05. The molecule has 12 heteroatoms. The number of aromatic nitrogens is 1. The van der Waals surface area contributed by atoms with Crippen molar-refractivity contribution in [1.82, 2.24) is 4.98 Å². The average molecular weight is 466 g/mol. The third-order valence-electron chi connectivity index (χ3n) is 5.38. The Morgan fingerprint density at radius 3 is 2.68 bits per heavy atom. The van der Waals surface area contributed by atoms with E-state index in [1.54, 1.807) is 0 Å². The lowest BCUT2D eigenvalue weighted by molar-refractivity contribution is -0.272. The van der Waals surface area contributed by atoms with Gasteiger partial charge >= 0.3 is 6.18 Å². The fraction of sp³-hybridized carbons (Fsp3) is 0.474. The number of ether oxygens (including phenoxy) is 2. The molecular formula is C19H19F5N2O4S. The van der Waals surface area contributed by atoms with Gasteiger partial charge in [-0.05, 0) is 13.0 Å². The fourth-order valence-corrected chi connectivity index (χ4v) is 4.11. The lowest BCUT2D eigenvalue weighted by atomic mass is 9.77. The molecule has 1 fully saturated rings. The van der Waals surface area contributed by atoms with Crippen molar-refractivity contribution in [2.24, 2.45) is 5.92 Å². The van der Waals surface area contributed by atoms with E-state index in [4.69, 9.17) is 14.6 Å². The second-order valence-electron chi connectivity index (χ2n) is 7.16. The highest BCUT2D eigenvalue weighted by atomic mass is 32.1. The standard InChI is InChI=1S/C19H19F5N2O4S/c1-9-13(10-3-4-11(20)14(21)15(10)29-6-5-27)16(30-18(9,2)19(22,23)24)17(28)26-12-7-25-8-31-12/h3-4,7-9,13,16,27H,5-6H2,1-2H3,(H,26,28)/t9-,13-,16+,18+/m0/s1. The number of hydrogen-bond donors (Lipinski definition) is 2. The maximum atomic E-state index is 14.5. The average Bonchev–Trinajstić information content (AvgIpc) is 3.30. The number of nitrogens with zero attached hydrogens (tertiary/aromatic N) is 1. The molecule has 0 radical (unpaired) electrons. The molecule has 170 valence electrons. The molecule has 2 N–H and O–H groups in total. The van der Waals surface area contributed by atoms with Gasteiger partial charge in [0.05, 0.1) is 18.3 Å². The number of carbonyl (C=O) groups excluding carboxylic acids is 1. The van der Waals surface area contributed by atoms with Crippen LogP contribution in [0, 0.1) is 17.6 Å². The Morgan fingerprint density at radius 1 is 1.39 bits per heavy atom. The van der Waals surface area contributed by atoms with Crippen molar-refractivity contribution in [2.45, 2.75) is 37.6 Å². The van der Waals surface area contributed by atoms with E-state index in [9.17, 15) is 26.7 Å². The Morgan fingerprint density at radius 2 is 2.10 bits per heavy atom. The van der Waals surface area contributed by atoms with Gasteiger partial charge in [0.15, 0.2) is 17.2 Å². The van der Waals surface area contributed by atoms with Crippen LogP contribution in [0.3, 0.4) is 0 Å². The van der Waals surface area contributed by atoms with Crippen LogP contribution in [0.15, 0.2) is 23.8 Å². The van der Waals surface area contributed by atoms with Crippen molar-refractivity contribution < 1.29 is 41.3 Å². The van der Waals surface area contributed by atoms with E-state index in [2.05, 4.69) is 10.3 Å². The summed E-state index contributed by atoms with van der Waals surface area (Å²) in [6.45, 7) is 1.05. The number of nitrogens with one attached hydrogen (secondary N) is 1. The van der Waals surface area contributed by atoms with Gasteiger partial charge in [-0.25, -0.2) is 4.39 Å². The molecule has 1 amide bonds. The minimum atomic E-state index is -4.85. The van der Waals surface area contributed by atoms with Crippen LogP contribution in [-0.2, 0) is 9.53 Å². The Balaban J connectivity index is 2.10. The zero-order chi connectivity index (χ0) is 23.0. The number of anilines is 1. The summed E-state index contributed by atoms with van der Waals surface area (Å²) in [7, 11) is 0. The van der Waals surface area contributed by atoms with E-state index < -0.39 is 66.2 Å². The summed E-state index contributed by atoms with van der Waals surface area (Å²) in [5.41, 5.74) is -1.49. The van der Waals surface area contributed by atoms with E-state index in [-0.39, 0.29) is 10.6 Å². The summed E-state index contributed by atoms with van der Waals surface area (Å²) in [5, 5.41) is 11.7. The Kier molecular flexibility index (Phi) is 6.53. The number of amides is 1. The summed E-state index contributed by atoms with van der Waals surface area (Å²) in [5.74, 6) is -6.98. The van der Waals surface area contributed by atoms with Crippen LogP contribution in [0.5, 0.6) is 5.75 Å². The topological polar surface area (TPSA) is 80.7 Å². The van der Waals surface area contributed by atoms with Crippen LogP contribution in [-0.4, -0.2) is 47.1 Å². The highest BCUT2D eigenvalue weighted by molar-refractivity contribution is 7.14. The molecule has 2 heterocycles. The van der Waals surface area contributed by atoms with Crippen LogP contribution < -0.4 is 10.1 Å². The molecule has 2 aromatic rings. The smallest absolute Gasteiger partial charge is 0.417 e. The van der Waals surface area contributed by atoms with Crippen LogP contribution in [0.2, 0.25) is 0 Å². The zero-order valence-corrected chi connectivity index (χ0v) is 17.2. The normalized spacial score (nSPS) is 26.1. The maximum Gasteiger partial charge on any atom is 0.417 e. The molecule has 0 spiro atoms. The molecule has 0 bridgehead atoms. The number of carbonyl (C=O) groups is 1. The molecule has 6 nitrogen and oxygen atoms in total. The van der Waals surface area contributed by atoms with E-state index in [1.807, 2.05) is 0 Å². The van der Waals surface area contributed by atoms with E-state index >= 15 is 0 Å². The SMILES string of the molecule is C[C@H]1[C@@H](c2ccc(F)c(F)c2OCCO)[C@H](C(=O)Nc2cncs2)O[C@@]1(C)C(F)(F)F. The van der Waals surface area contributed by atoms with Gasteiger partial charge in [0.2, 0.25) is 5.82 Å². The van der Waals surface area contributed by atoms with Gasteiger partial charge in [0.25, 0.3) is 5.91 Å². The number of alkyl halides is 3. The number of benzene rings is 1. The van der Waals surface area contributed by atoms with E-state index in [0.29, 0.717) is 0 Å². The molecule has 31 heavy (non-hydrogen) atoms. The van der Waals surface area contributed by atoms with E-state index in [0.717, 1.165) is 30.4 Å². The fourth-order valence-electron chi connectivity index (χ4n) is 3.60. The van der Waals surface area contributed by atoms with Gasteiger partial charge in [-0.1, -0.05) is 13.0 Å². The van der Waals surface area contributed by atoms with Crippen molar-refractivity contribution in [3.63, 3.8) is 0 Å². The van der Waals surface area contributed by atoms with Gasteiger partial charge in [0.1, 0.15) is 17.7 Å². The van der Waals surface area contributed by atoms with Crippen molar-refractivity contribution in [1.29, 1.82) is 0 Å². The Hall–Kier alpha value is -2.31. The van der Waals surface area contributed by atoms with Gasteiger partial charge in [-0.2, -0.15) is 17.6 Å². The number of hydrogen-bond acceptors (Lipinski definition) is 6. The van der Waals surface area contributed by atoms with Gasteiger partial charge in [0, 0.05) is 17.4 Å². The van der Waals surface area contributed by atoms with Crippen molar-refractivity contribution in [3.8, 4) is 5.75 Å². The van der Waals surface area contributed by atoms with Gasteiger partial charge < -0.3 is 19.9 Å². The van der Waals surface area contributed by atoms with Crippen LogP contribution in [0.1, 0.15) is 25.3 Å². The highest BCUT2D eigenvalue weighted by Crippen LogP contribution is 2.55. The molecule has 1 aromatic carbocycles. The minimum absolute atomic E-state index is 0.169. The molecule has 0 aliphatic carbocycles. The lowest BCUT2D eigenvalue weighted by Gasteiger charge is -2.32. The number of rotatable bonds is 6. The molecule has 1 saturated heterocycles. The highest BCUT2D eigenvalue weighted by Gasteiger charge is 2.65. The summed E-state index contributed by atoms with van der Waals surface area (Å²) < 4.78 is 80.3. The third-order valence-corrected chi connectivity index (χ3v) is 6.07. The number of thiazole rings is 1. The molecule has 0 unspecified atom stereocenters. The summed E-state index contributed by atoms with van der Waals surface area (Å²) in [6, 6.07) is 1.80. The first-order chi connectivity index (χ1) is 14.5. The van der Waals surface area contributed by atoms with Crippen LogP contribution in [0.25, 0.3) is 0 Å². The van der Waals surface area contributed by atoms with Gasteiger partial charge in [-0.15, -0.1) is 11.3 Å². The quantitative estimate of drug-likeness (QED) is 0.632. The van der Waals surface area contributed by atoms with Crippen molar-refractivity contribution >= 4 is 22.2 Å². The molecule has 1 aromatic heterocycles. The predicted octanol–water partition coefficient (Wildman–Crippen LogP) is 3.87.